The van der Waals surface area contributed by atoms with Crippen LogP contribution in [0.25, 0.3) is 0 Å². The van der Waals surface area contributed by atoms with Crippen molar-refractivity contribution < 1.29 is 4.79 Å². The highest BCUT2D eigenvalue weighted by Crippen LogP contribution is 2.14. The molecule has 0 bridgehead atoms. The van der Waals surface area contributed by atoms with Crippen molar-refractivity contribution in [2.24, 2.45) is 5.73 Å². The van der Waals surface area contributed by atoms with Gasteiger partial charge in [0.15, 0.2) is 0 Å². The van der Waals surface area contributed by atoms with Gasteiger partial charge in [0.2, 0.25) is 5.91 Å². The fourth-order valence-electron chi connectivity index (χ4n) is 1.51. The largest absolute Gasteiger partial charge is 0.339 e. The van der Waals surface area contributed by atoms with E-state index < -0.39 is 0 Å². The normalized spacial score (nSPS) is 11.8. The van der Waals surface area contributed by atoms with Crippen molar-refractivity contribution in [3.05, 3.63) is 16.1 Å². The van der Waals surface area contributed by atoms with E-state index in [-0.39, 0.29) is 24.4 Å². The molecule has 1 rings (SSSR count). The number of rotatable bonds is 5. The van der Waals surface area contributed by atoms with Crippen LogP contribution in [0.4, 0.5) is 0 Å². The van der Waals surface area contributed by atoms with E-state index in [1.54, 1.807) is 23.3 Å². The minimum Gasteiger partial charge on any atom is -0.339 e. The van der Waals surface area contributed by atoms with E-state index in [2.05, 4.69) is 4.98 Å². The fraction of sp³-hybridized carbons (Fsp3) is 0.636. The average Bonchev–Trinajstić information content (AvgIpc) is 2.63. The maximum atomic E-state index is 11.8. The van der Waals surface area contributed by atoms with Gasteiger partial charge in [-0.25, -0.2) is 4.98 Å². The first-order valence-electron chi connectivity index (χ1n) is 5.46. The van der Waals surface area contributed by atoms with Gasteiger partial charge in [-0.1, -0.05) is 13.3 Å². The predicted molar refractivity (Wildman–Crippen MR) is 73.5 cm³/mol. The molecule has 0 aromatic carbocycles. The van der Waals surface area contributed by atoms with Crippen LogP contribution < -0.4 is 5.73 Å². The van der Waals surface area contributed by atoms with Gasteiger partial charge in [-0.15, -0.1) is 23.7 Å². The highest BCUT2D eigenvalue weighted by atomic mass is 35.5. The Hall–Kier alpha value is -0.650. The van der Waals surface area contributed by atoms with Crippen LogP contribution in [0.15, 0.2) is 6.20 Å². The zero-order valence-corrected chi connectivity index (χ0v) is 12.1. The lowest BCUT2D eigenvalue weighted by Crippen LogP contribution is -2.41. The molecule has 0 radical (unpaired) electrons. The molecule has 1 heterocycles. The van der Waals surface area contributed by atoms with E-state index >= 15 is 0 Å². The minimum atomic E-state index is -0.371. The van der Waals surface area contributed by atoms with Crippen LogP contribution in [0.5, 0.6) is 0 Å². The molecule has 1 amide bonds. The number of nitrogens with zero attached hydrogens (tertiary/aromatic N) is 2. The van der Waals surface area contributed by atoms with Crippen molar-refractivity contribution in [1.29, 1.82) is 0 Å². The second-order valence-electron chi connectivity index (χ2n) is 3.94. The third kappa shape index (κ3) is 5.02. The van der Waals surface area contributed by atoms with Crippen molar-refractivity contribution in [2.75, 3.05) is 7.05 Å². The minimum absolute atomic E-state index is 0. The van der Waals surface area contributed by atoms with Crippen LogP contribution >= 0.6 is 23.7 Å². The molecule has 0 aliphatic carbocycles. The summed E-state index contributed by atoms with van der Waals surface area (Å²) in [4.78, 5) is 18.8. The third-order valence-corrected chi connectivity index (χ3v) is 3.25. The van der Waals surface area contributed by atoms with Gasteiger partial charge in [0.25, 0.3) is 0 Å². The van der Waals surface area contributed by atoms with Crippen LogP contribution in [-0.4, -0.2) is 28.9 Å². The molecule has 1 aromatic rings. The molecular weight excluding hydrogens is 258 g/mol. The Morgan fingerprint density at radius 3 is 2.76 bits per heavy atom. The van der Waals surface area contributed by atoms with E-state index in [0.717, 1.165) is 22.7 Å². The smallest absolute Gasteiger partial charge is 0.239 e. The van der Waals surface area contributed by atoms with E-state index in [4.69, 9.17) is 5.73 Å². The number of halogens is 1. The van der Waals surface area contributed by atoms with Crippen LogP contribution in [0, 0.1) is 6.92 Å². The Labute approximate surface area is 113 Å². The molecule has 0 spiro atoms. The summed E-state index contributed by atoms with van der Waals surface area (Å²) in [5, 5.41) is 1.02. The monoisotopic (exact) mass is 277 g/mol. The van der Waals surface area contributed by atoms with Gasteiger partial charge < -0.3 is 10.6 Å². The van der Waals surface area contributed by atoms with Gasteiger partial charge in [-0.05, 0) is 13.3 Å². The summed E-state index contributed by atoms with van der Waals surface area (Å²) in [6.45, 7) is 4.58. The first-order chi connectivity index (χ1) is 7.54. The second-order valence-corrected chi connectivity index (χ2v) is 5.25. The quantitative estimate of drug-likeness (QED) is 0.895. The number of aryl methyl sites for hydroxylation is 1. The van der Waals surface area contributed by atoms with Gasteiger partial charge in [0.05, 0.1) is 17.6 Å². The number of hydrogen-bond acceptors (Lipinski definition) is 4. The maximum Gasteiger partial charge on any atom is 0.239 e. The Bertz CT molecular complexity index is 356. The molecular formula is C11H20ClN3OS. The lowest BCUT2D eigenvalue weighted by molar-refractivity contribution is -0.131. The van der Waals surface area contributed by atoms with Crippen LogP contribution in [0.3, 0.4) is 0 Å². The summed E-state index contributed by atoms with van der Waals surface area (Å²) in [7, 11) is 1.78. The van der Waals surface area contributed by atoms with Gasteiger partial charge in [0.1, 0.15) is 0 Å². The van der Waals surface area contributed by atoms with E-state index in [9.17, 15) is 4.79 Å². The van der Waals surface area contributed by atoms with Gasteiger partial charge in [0, 0.05) is 18.1 Å². The molecule has 17 heavy (non-hydrogen) atoms. The molecule has 0 saturated carbocycles. The predicted octanol–water partition coefficient (Wildman–Crippen LogP) is 1.96. The summed E-state index contributed by atoms with van der Waals surface area (Å²) < 4.78 is 0. The van der Waals surface area contributed by atoms with Crippen molar-refractivity contribution in [2.45, 2.75) is 39.3 Å². The number of aromatic nitrogens is 1. The van der Waals surface area contributed by atoms with Crippen LogP contribution in [-0.2, 0) is 11.3 Å². The molecule has 1 unspecified atom stereocenters. The van der Waals surface area contributed by atoms with Crippen LogP contribution in [0.2, 0.25) is 0 Å². The van der Waals surface area contributed by atoms with Crippen molar-refractivity contribution in [1.82, 2.24) is 9.88 Å². The number of hydrogen-bond donors (Lipinski definition) is 1. The lowest BCUT2D eigenvalue weighted by atomic mass is 10.1. The standard InChI is InChI=1S/C11H19N3OS.ClH/c1-4-5-10(12)11(15)14(3)7-9-6-13-8(2)16-9;/h6,10H,4-5,7,12H2,1-3H3;1H. The van der Waals surface area contributed by atoms with E-state index in [1.807, 2.05) is 20.0 Å². The van der Waals surface area contributed by atoms with Gasteiger partial charge in [-0.2, -0.15) is 0 Å². The molecule has 1 aromatic heterocycles. The van der Waals surface area contributed by atoms with Crippen molar-refractivity contribution >= 4 is 29.7 Å². The molecule has 0 aliphatic heterocycles. The van der Waals surface area contributed by atoms with Gasteiger partial charge in [-0.3, -0.25) is 4.79 Å². The Kier molecular flexibility index (Phi) is 7.34. The summed E-state index contributed by atoms with van der Waals surface area (Å²) in [5.74, 6) is 0.00732. The summed E-state index contributed by atoms with van der Waals surface area (Å²) in [5.41, 5.74) is 5.78. The number of thiazole rings is 1. The number of carbonyl (C=O) groups is 1. The highest BCUT2D eigenvalue weighted by molar-refractivity contribution is 7.11. The van der Waals surface area contributed by atoms with Crippen molar-refractivity contribution in [3.8, 4) is 0 Å². The summed E-state index contributed by atoms with van der Waals surface area (Å²) >= 11 is 1.61. The Morgan fingerprint density at radius 2 is 2.29 bits per heavy atom. The molecule has 2 N–H and O–H groups in total. The highest BCUT2D eigenvalue weighted by Gasteiger charge is 2.17. The maximum absolute atomic E-state index is 11.8. The molecule has 0 saturated heterocycles. The average molecular weight is 278 g/mol. The number of nitrogens with two attached hydrogens (primary N) is 1. The number of carbonyl (C=O) groups excluding carboxylic acids is 1. The van der Waals surface area contributed by atoms with E-state index in [0.29, 0.717) is 6.54 Å². The molecule has 0 aliphatic rings. The summed E-state index contributed by atoms with van der Waals surface area (Å²) in [6.07, 6.45) is 3.49. The molecule has 98 valence electrons. The topological polar surface area (TPSA) is 59.2 Å². The molecule has 4 nitrogen and oxygen atoms in total. The first-order valence-corrected chi connectivity index (χ1v) is 6.28. The van der Waals surface area contributed by atoms with Crippen LogP contribution in [0.1, 0.15) is 29.7 Å². The second kappa shape index (κ2) is 7.63. The molecule has 1 atom stereocenters. The first kappa shape index (κ1) is 16.4. The summed E-state index contributed by atoms with van der Waals surface area (Å²) in [6, 6.07) is -0.371. The van der Waals surface area contributed by atoms with Crippen molar-refractivity contribution in [3.63, 3.8) is 0 Å². The zero-order valence-electron chi connectivity index (χ0n) is 10.5. The SMILES string of the molecule is CCCC(N)C(=O)N(C)Cc1cnc(C)s1.Cl. The Morgan fingerprint density at radius 1 is 1.65 bits per heavy atom. The number of likely N-dealkylation sites (N-methyl/N-ethyl adjacent to an activating group) is 1. The third-order valence-electron chi connectivity index (χ3n) is 2.36. The van der Waals surface area contributed by atoms with E-state index in [1.165, 1.54) is 0 Å². The lowest BCUT2D eigenvalue weighted by Gasteiger charge is -2.20. The Balaban J connectivity index is 0.00000256. The molecule has 0 fully saturated rings. The fourth-order valence-corrected chi connectivity index (χ4v) is 2.36. The zero-order chi connectivity index (χ0) is 12.1. The number of amides is 1. The van der Waals surface area contributed by atoms with Gasteiger partial charge >= 0.3 is 0 Å². The molecule has 6 heteroatoms.